The van der Waals surface area contributed by atoms with Gasteiger partial charge in [0.1, 0.15) is 0 Å². The molecule has 0 spiro atoms. The van der Waals surface area contributed by atoms with Gasteiger partial charge in [0.05, 0.1) is 0 Å². The van der Waals surface area contributed by atoms with Crippen LogP contribution in [0.25, 0.3) is 6.08 Å². The van der Waals surface area contributed by atoms with E-state index in [9.17, 15) is 13.2 Å². The first-order chi connectivity index (χ1) is 7.38. The molecule has 1 aromatic rings. The molecule has 0 saturated carbocycles. The van der Waals surface area contributed by atoms with Crippen molar-refractivity contribution in [3.05, 3.63) is 41.7 Å². The van der Waals surface area contributed by atoms with Crippen molar-refractivity contribution in [3.63, 3.8) is 0 Å². The Balaban J connectivity index is 3.04. The summed E-state index contributed by atoms with van der Waals surface area (Å²) in [6, 6.07) is 8.09. The second kappa shape index (κ2) is 4.77. The molecule has 0 atom stereocenters. The van der Waals surface area contributed by atoms with Crippen LogP contribution >= 0.6 is 0 Å². The van der Waals surface area contributed by atoms with E-state index in [1.54, 1.807) is 30.3 Å². The van der Waals surface area contributed by atoms with Gasteiger partial charge in [0.25, 0.3) is 0 Å². The molecule has 0 aliphatic carbocycles. The molecule has 16 heavy (non-hydrogen) atoms. The van der Waals surface area contributed by atoms with Crippen molar-refractivity contribution in [3.8, 4) is 0 Å². The lowest BCUT2D eigenvalue weighted by molar-refractivity contribution is -0.135. The van der Waals surface area contributed by atoms with E-state index in [0.717, 1.165) is 6.08 Å². The molecule has 0 aliphatic rings. The Kier molecular flexibility index (Phi) is 3.64. The van der Waals surface area contributed by atoms with Crippen molar-refractivity contribution >= 4 is 22.4 Å². The number of hydrogen-bond acceptors (Lipinski definition) is 4. The maximum absolute atomic E-state index is 10.6. The van der Waals surface area contributed by atoms with Gasteiger partial charge in [0, 0.05) is 0 Å². The van der Waals surface area contributed by atoms with E-state index < -0.39 is 22.1 Å². The highest BCUT2D eigenvalue weighted by molar-refractivity contribution is 7.81. The lowest BCUT2D eigenvalue weighted by Gasteiger charge is -2.01. The summed E-state index contributed by atoms with van der Waals surface area (Å²) in [6.07, 6.45) is 0.982. The summed E-state index contributed by atoms with van der Waals surface area (Å²) in [5.41, 5.74) is 0.434. The SMILES string of the molecule is O=C(O)C(=Cc1ccccc1)OS(=O)(=O)O. The highest BCUT2D eigenvalue weighted by atomic mass is 32.3. The third-order valence-corrected chi connectivity index (χ3v) is 1.89. The van der Waals surface area contributed by atoms with Crippen molar-refractivity contribution in [2.75, 3.05) is 0 Å². The molecule has 0 aliphatic heterocycles. The number of carbonyl (C=O) groups is 1. The minimum atomic E-state index is -4.84. The monoisotopic (exact) mass is 244 g/mol. The summed E-state index contributed by atoms with van der Waals surface area (Å²) in [4.78, 5) is 10.6. The van der Waals surface area contributed by atoms with Gasteiger partial charge in [-0.2, -0.15) is 8.42 Å². The molecule has 0 radical (unpaired) electrons. The number of aliphatic carboxylic acids is 1. The zero-order valence-corrected chi connectivity index (χ0v) is 8.72. The summed E-state index contributed by atoms with van der Waals surface area (Å²) >= 11 is 0. The van der Waals surface area contributed by atoms with Crippen LogP contribution in [0.15, 0.2) is 36.1 Å². The van der Waals surface area contributed by atoms with Gasteiger partial charge in [0.2, 0.25) is 5.76 Å². The third-order valence-electron chi connectivity index (χ3n) is 1.50. The van der Waals surface area contributed by atoms with Crippen LogP contribution in [0.3, 0.4) is 0 Å². The molecular formula is C9H8O6S. The van der Waals surface area contributed by atoms with Crippen molar-refractivity contribution in [1.82, 2.24) is 0 Å². The molecule has 7 heteroatoms. The molecule has 86 valence electrons. The van der Waals surface area contributed by atoms with Gasteiger partial charge >= 0.3 is 16.4 Å². The lowest BCUT2D eigenvalue weighted by Crippen LogP contribution is -2.10. The average Bonchev–Trinajstić information content (AvgIpc) is 2.16. The summed E-state index contributed by atoms with van der Waals surface area (Å²) in [7, 11) is -4.84. The van der Waals surface area contributed by atoms with E-state index in [4.69, 9.17) is 9.66 Å². The van der Waals surface area contributed by atoms with Crippen LogP contribution in [0.4, 0.5) is 0 Å². The predicted molar refractivity (Wildman–Crippen MR) is 54.7 cm³/mol. The van der Waals surface area contributed by atoms with E-state index in [2.05, 4.69) is 4.18 Å². The van der Waals surface area contributed by atoms with Crippen LogP contribution in [0, 0.1) is 0 Å². The fraction of sp³-hybridized carbons (Fsp3) is 0. The Labute approximate surface area is 91.7 Å². The minimum absolute atomic E-state index is 0.434. The molecule has 1 aromatic carbocycles. The van der Waals surface area contributed by atoms with Gasteiger partial charge in [-0.25, -0.2) is 4.79 Å². The van der Waals surface area contributed by atoms with Crippen molar-refractivity contribution in [2.45, 2.75) is 0 Å². The van der Waals surface area contributed by atoms with Gasteiger partial charge in [-0.05, 0) is 11.6 Å². The Morgan fingerprint density at radius 1 is 1.25 bits per heavy atom. The maximum atomic E-state index is 10.6. The number of hydrogen-bond donors (Lipinski definition) is 2. The quantitative estimate of drug-likeness (QED) is 0.464. The van der Waals surface area contributed by atoms with Crippen molar-refractivity contribution in [2.24, 2.45) is 0 Å². The fourth-order valence-electron chi connectivity index (χ4n) is 0.936. The molecular weight excluding hydrogens is 236 g/mol. The smallest absolute Gasteiger partial charge is 0.446 e. The Morgan fingerprint density at radius 2 is 1.81 bits per heavy atom. The number of rotatable bonds is 4. The van der Waals surface area contributed by atoms with Crippen molar-refractivity contribution < 1.29 is 27.1 Å². The second-order valence-corrected chi connectivity index (χ2v) is 3.76. The van der Waals surface area contributed by atoms with Crippen LogP contribution in [0.5, 0.6) is 0 Å². The van der Waals surface area contributed by atoms with E-state index in [1.165, 1.54) is 0 Å². The van der Waals surface area contributed by atoms with Gasteiger partial charge < -0.3 is 9.29 Å². The average molecular weight is 244 g/mol. The first kappa shape index (κ1) is 12.2. The maximum Gasteiger partial charge on any atom is 0.446 e. The summed E-state index contributed by atoms with van der Waals surface area (Å²) in [5, 5.41) is 8.63. The van der Waals surface area contributed by atoms with Crippen LogP contribution in [-0.4, -0.2) is 24.0 Å². The number of benzene rings is 1. The van der Waals surface area contributed by atoms with E-state index >= 15 is 0 Å². The standard InChI is InChI=1S/C9H8O6S/c10-9(11)8(15-16(12,13)14)6-7-4-2-1-3-5-7/h1-6H,(H,10,11)(H,12,13,14). The van der Waals surface area contributed by atoms with E-state index in [-0.39, 0.29) is 0 Å². The largest absolute Gasteiger partial charge is 0.475 e. The molecule has 1 rings (SSSR count). The Hall–Kier alpha value is -1.86. The normalized spacial score (nSPS) is 12.2. The number of carboxylic acid groups (broad SMARTS) is 1. The molecule has 6 nitrogen and oxygen atoms in total. The van der Waals surface area contributed by atoms with Crippen LogP contribution in [-0.2, 0) is 19.4 Å². The first-order valence-electron chi connectivity index (χ1n) is 4.05. The molecule has 0 aromatic heterocycles. The number of carboxylic acids is 1. The zero-order valence-electron chi connectivity index (χ0n) is 7.90. The van der Waals surface area contributed by atoms with Crippen molar-refractivity contribution in [1.29, 1.82) is 0 Å². The molecule has 0 unspecified atom stereocenters. The summed E-state index contributed by atoms with van der Waals surface area (Å²) in [6.45, 7) is 0. The van der Waals surface area contributed by atoms with Crippen LogP contribution in [0.2, 0.25) is 0 Å². The van der Waals surface area contributed by atoms with Crippen LogP contribution < -0.4 is 0 Å². The molecule has 0 fully saturated rings. The zero-order chi connectivity index (χ0) is 12.2. The highest BCUT2D eigenvalue weighted by Gasteiger charge is 2.16. The van der Waals surface area contributed by atoms with E-state index in [0.29, 0.717) is 5.56 Å². The lowest BCUT2D eigenvalue weighted by atomic mass is 10.2. The van der Waals surface area contributed by atoms with Gasteiger partial charge in [0.15, 0.2) is 0 Å². The summed E-state index contributed by atoms with van der Waals surface area (Å²) < 4.78 is 33.0. The van der Waals surface area contributed by atoms with Gasteiger partial charge in [-0.1, -0.05) is 30.3 Å². The molecule has 0 saturated heterocycles. The molecule has 0 bridgehead atoms. The highest BCUT2D eigenvalue weighted by Crippen LogP contribution is 2.10. The van der Waals surface area contributed by atoms with Crippen LogP contribution in [0.1, 0.15) is 5.56 Å². The van der Waals surface area contributed by atoms with E-state index in [1.807, 2.05) is 0 Å². The Bertz CT molecular complexity index is 502. The van der Waals surface area contributed by atoms with Gasteiger partial charge in [-0.15, -0.1) is 0 Å². The molecule has 0 heterocycles. The molecule has 0 amide bonds. The Morgan fingerprint density at radius 3 is 2.25 bits per heavy atom. The summed E-state index contributed by atoms with van der Waals surface area (Å²) in [5.74, 6) is -2.48. The fourth-order valence-corrected chi connectivity index (χ4v) is 1.28. The predicted octanol–water partition coefficient (Wildman–Crippen LogP) is 0.932. The second-order valence-electron chi connectivity index (χ2n) is 2.74. The third kappa shape index (κ3) is 4.11. The topological polar surface area (TPSA) is 101 Å². The van der Waals surface area contributed by atoms with Gasteiger partial charge in [-0.3, -0.25) is 4.55 Å². The minimum Gasteiger partial charge on any atom is -0.475 e. The first-order valence-corrected chi connectivity index (χ1v) is 5.42. The molecule has 2 N–H and O–H groups in total.